The first-order valence-electron chi connectivity index (χ1n) is 3.72. The van der Waals surface area contributed by atoms with Crippen molar-refractivity contribution in [2.24, 2.45) is 0 Å². The average Bonchev–Trinajstić information content (AvgIpc) is 1.97. The van der Waals surface area contributed by atoms with Gasteiger partial charge in [-0.05, 0) is 6.08 Å². The molecule has 1 aliphatic heterocycles. The van der Waals surface area contributed by atoms with Crippen molar-refractivity contribution in [3.8, 4) is 0 Å². The zero-order valence-electron chi connectivity index (χ0n) is 7.79. The minimum atomic E-state index is -6.09. The molecule has 0 bridgehead atoms. The Hall–Kier alpha value is -0.380. The average molecular weight is 318 g/mol. The third-order valence-corrected chi connectivity index (χ3v) is 2.30. The predicted octanol–water partition coefficient (Wildman–Crippen LogP) is 2.10. The van der Waals surface area contributed by atoms with Crippen molar-refractivity contribution in [2.75, 3.05) is 0 Å². The summed E-state index contributed by atoms with van der Waals surface area (Å²) in [7, 11) is -6.09. The molecule has 100 valence electrons. The lowest BCUT2D eigenvalue weighted by atomic mass is 10.3. The largest absolute Gasteiger partial charge is 0.741 e. The summed E-state index contributed by atoms with van der Waals surface area (Å²) in [4.78, 5) is 0.351. The van der Waals surface area contributed by atoms with E-state index in [0.29, 0.717) is 11.2 Å². The first-order valence-corrected chi connectivity index (χ1v) is 5.88. The summed E-state index contributed by atoms with van der Waals surface area (Å²) < 4.78 is 70.0. The van der Waals surface area contributed by atoms with Crippen molar-refractivity contribution in [1.29, 1.82) is 0 Å². The smallest absolute Gasteiger partial charge is 0.485 e. The van der Waals surface area contributed by atoms with E-state index >= 15 is 0 Å². The molecule has 0 aromatic heterocycles. The van der Waals surface area contributed by atoms with Gasteiger partial charge in [0.1, 0.15) is 0 Å². The maximum Gasteiger partial charge on any atom is 0.485 e. The number of hydrogen-bond acceptors (Lipinski definition) is 3. The molecule has 0 saturated heterocycles. The second-order valence-electron chi connectivity index (χ2n) is 2.72. The summed E-state index contributed by atoms with van der Waals surface area (Å²) in [5.41, 5.74) is -5.65. The normalized spacial score (nSPS) is 19.1. The minimum absolute atomic E-state index is 0.351. The first kappa shape index (κ1) is 16.6. The second-order valence-corrected chi connectivity index (χ2v) is 5.64. The summed E-state index contributed by atoms with van der Waals surface area (Å²) in [5, 5.41) is 0. The van der Waals surface area contributed by atoms with Crippen LogP contribution >= 0.6 is 23.2 Å². The van der Waals surface area contributed by atoms with E-state index < -0.39 is 20.0 Å². The lowest BCUT2D eigenvalue weighted by Gasteiger charge is -2.08. The number of allylic oxidation sites excluding steroid dienone is 1. The van der Waals surface area contributed by atoms with Gasteiger partial charge in [-0.25, -0.2) is 8.42 Å². The number of hydrogen-bond donors (Lipinski definition) is 0. The molecule has 0 N–H and O–H groups in total. The van der Waals surface area contributed by atoms with E-state index in [-0.39, 0.29) is 0 Å². The van der Waals surface area contributed by atoms with Gasteiger partial charge in [0.2, 0.25) is 16.7 Å². The number of rotatable bonds is 0. The summed E-state index contributed by atoms with van der Waals surface area (Å²) in [6.45, 7) is 0. The van der Waals surface area contributed by atoms with Gasteiger partial charge in [-0.2, -0.15) is 13.2 Å². The van der Waals surface area contributed by atoms with Crippen LogP contribution in [0, 0.1) is 0 Å². The molecule has 0 amide bonds. The molecule has 0 spiro atoms. The number of nitrogens with zero attached hydrogens (tertiary/aromatic N) is 1. The van der Waals surface area contributed by atoms with Gasteiger partial charge in [0.05, 0.1) is 4.48 Å². The van der Waals surface area contributed by atoms with Crippen LogP contribution in [0.4, 0.5) is 17.7 Å². The summed E-state index contributed by atoms with van der Waals surface area (Å²) >= 11 is 11.1. The van der Waals surface area contributed by atoms with Crippen molar-refractivity contribution in [3.63, 3.8) is 0 Å². The highest BCUT2D eigenvalue weighted by Crippen LogP contribution is 2.25. The molecule has 0 radical (unpaired) electrons. The molecule has 0 fully saturated rings. The fourth-order valence-corrected chi connectivity index (χ4v) is 0.951. The van der Waals surface area contributed by atoms with Gasteiger partial charge in [0, 0.05) is 11.2 Å². The van der Waals surface area contributed by atoms with Crippen molar-refractivity contribution in [3.05, 3.63) is 12.3 Å². The van der Waals surface area contributed by atoms with Crippen LogP contribution in [0.15, 0.2) is 12.3 Å². The van der Waals surface area contributed by atoms with E-state index in [1.54, 1.807) is 6.08 Å². The third kappa shape index (κ3) is 6.81. The Kier molecular flexibility index (Phi) is 5.38. The quantitative estimate of drug-likeness (QED) is 0.226. The third-order valence-electron chi connectivity index (χ3n) is 1.23. The van der Waals surface area contributed by atoms with E-state index in [0.717, 1.165) is 6.21 Å². The fourth-order valence-electron chi connectivity index (χ4n) is 0.587. The summed E-state index contributed by atoms with van der Waals surface area (Å²) in [6.07, 6.45) is 4.40. The summed E-state index contributed by atoms with van der Waals surface area (Å²) in [6, 6.07) is 0. The Balaban J connectivity index is 0.000000304. The SMILES string of the molecule is F[N+]1=CC(Cl)(Cl)CC=C1.O=S(=O)([O-])C(F)(F)F. The molecule has 4 nitrogen and oxygen atoms in total. The Morgan fingerprint density at radius 3 is 1.94 bits per heavy atom. The van der Waals surface area contributed by atoms with Crippen LogP contribution in [-0.2, 0) is 10.1 Å². The standard InChI is InChI=1S/C5H5Cl2FN.CHF3O3S/c6-5(7)2-1-3-9(8)4-5;2-1(3,4)8(5,6)7/h1,3-4H,2H2;(H,5,6,7)/q+1;/p-1. The van der Waals surface area contributed by atoms with Crippen molar-refractivity contribution >= 4 is 39.5 Å². The maximum absolute atomic E-state index is 12.2. The molecule has 1 heterocycles. The van der Waals surface area contributed by atoms with Crippen molar-refractivity contribution < 1.29 is 35.4 Å². The van der Waals surface area contributed by atoms with Gasteiger partial charge in [-0.1, -0.05) is 23.2 Å². The van der Waals surface area contributed by atoms with Crippen LogP contribution in [0.1, 0.15) is 6.42 Å². The molecule has 0 atom stereocenters. The zero-order valence-corrected chi connectivity index (χ0v) is 10.1. The molecule has 1 rings (SSSR count). The van der Waals surface area contributed by atoms with Crippen LogP contribution in [0.25, 0.3) is 0 Å². The molecule has 0 aromatic carbocycles. The van der Waals surface area contributed by atoms with E-state index in [1.807, 2.05) is 0 Å². The van der Waals surface area contributed by atoms with Crippen LogP contribution in [-0.4, -0.2) is 33.8 Å². The van der Waals surface area contributed by atoms with E-state index in [9.17, 15) is 17.7 Å². The van der Waals surface area contributed by atoms with E-state index in [1.165, 1.54) is 6.20 Å². The number of alkyl halides is 5. The molecule has 17 heavy (non-hydrogen) atoms. The highest BCUT2D eigenvalue weighted by Gasteiger charge is 2.36. The molecule has 0 aromatic rings. The Labute approximate surface area is 104 Å². The van der Waals surface area contributed by atoms with Gasteiger partial charge < -0.3 is 4.55 Å². The molecule has 0 unspecified atom stereocenters. The van der Waals surface area contributed by atoms with Crippen LogP contribution < -0.4 is 0 Å². The lowest BCUT2D eigenvalue weighted by Crippen LogP contribution is -2.21. The van der Waals surface area contributed by atoms with Crippen LogP contribution in [0.2, 0.25) is 0 Å². The topological polar surface area (TPSA) is 60.2 Å². The van der Waals surface area contributed by atoms with Gasteiger partial charge in [0.15, 0.2) is 10.1 Å². The van der Waals surface area contributed by atoms with Gasteiger partial charge in [-0.3, -0.25) is 0 Å². The monoisotopic (exact) mass is 317 g/mol. The molecule has 0 saturated carbocycles. The van der Waals surface area contributed by atoms with Crippen molar-refractivity contribution in [2.45, 2.75) is 16.3 Å². The Morgan fingerprint density at radius 1 is 1.35 bits per heavy atom. The molecule has 1 aliphatic rings. The van der Waals surface area contributed by atoms with Gasteiger partial charge in [0.25, 0.3) is 0 Å². The highest BCUT2D eigenvalue weighted by molar-refractivity contribution is 7.86. The number of halogens is 6. The van der Waals surface area contributed by atoms with E-state index in [4.69, 9.17) is 36.2 Å². The predicted molar refractivity (Wildman–Crippen MR) is 51.4 cm³/mol. The molecule has 11 heteroatoms. The fraction of sp³-hybridized carbons (Fsp3) is 0.500. The highest BCUT2D eigenvalue weighted by atomic mass is 35.5. The first-order chi connectivity index (χ1) is 7.35. The second kappa shape index (κ2) is 5.51. The van der Waals surface area contributed by atoms with Crippen LogP contribution in [0.5, 0.6) is 0 Å². The van der Waals surface area contributed by atoms with Crippen molar-refractivity contribution in [1.82, 2.24) is 0 Å². The molecule has 0 aliphatic carbocycles. The van der Waals surface area contributed by atoms with Gasteiger partial charge in [-0.15, -0.1) is 0 Å². The minimum Gasteiger partial charge on any atom is -0.741 e. The molecular weight excluding hydrogens is 313 g/mol. The summed E-state index contributed by atoms with van der Waals surface area (Å²) in [5.74, 6) is 0. The van der Waals surface area contributed by atoms with Crippen LogP contribution in [0.3, 0.4) is 0 Å². The lowest BCUT2D eigenvalue weighted by molar-refractivity contribution is -0.651. The maximum atomic E-state index is 12.2. The van der Waals surface area contributed by atoms with E-state index in [2.05, 4.69) is 0 Å². The van der Waals surface area contributed by atoms with Gasteiger partial charge >= 0.3 is 5.51 Å². The Bertz CT molecular complexity index is 429. The zero-order chi connectivity index (χ0) is 13.9. The Morgan fingerprint density at radius 2 is 1.76 bits per heavy atom. The molecular formula is C6H5Cl2F4NO3S.